The van der Waals surface area contributed by atoms with Gasteiger partial charge >= 0.3 is 5.97 Å². The summed E-state index contributed by atoms with van der Waals surface area (Å²) in [6.07, 6.45) is 0. The van der Waals surface area contributed by atoms with Crippen molar-refractivity contribution in [3.63, 3.8) is 0 Å². The molecule has 5 nitrogen and oxygen atoms in total. The van der Waals surface area contributed by atoms with Crippen molar-refractivity contribution in [1.82, 2.24) is 0 Å². The molecule has 5 heteroatoms. The molecular formula is C20H21NO4. The minimum absolute atomic E-state index is 0.155. The predicted octanol–water partition coefficient (Wildman–Crippen LogP) is 3.12. The van der Waals surface area contributed by atoms with Crippen LogP contribution in [0.15, 0.2) is 54.6 Å². The molecule has 25 heavy (non-hydrogen) atoms. The fraction of sp³-hybridized carbons (Fsp3) is 0.250. The molecule has 2 aromatic carbocycles. The first-order valence-electron chi connectivity index (χ1n) is 8.21. The zero-order valence-corrected chi connectivity index (χ0v) is 14.1. The van der Waals surface area contributed by atoms with Gasteiger partial charge in [0.05, 0.1) is 20.3 Å². The molecule has 0 radical (unpaired) electrons. The van der Waals surface area contributed by atoms with Gasteiger partial charge in [0, 0.05) is 24.3 Å². The number of hydrogen-bond acceptors (Lipinski definition) is 4. The normalized spacial score (nSPS) is 15.5. The van der Waals surface area contributed by atoms with Gasteiger partial charge < -0.3 is 19.5 Å². The van der Waals surface area contributed by atoms with Crippen LogP contribution < -0.4 is 4.90 Å². The fourth-order valence-corrected chi connectivity index (χ4v) is 2.97. The Labute approximate surface area is 147 Å². The number of ether oxygens (including phenoxy) is 2. The van der Waals surface area contributed by atoms with E-state index < -0.39 is 5.97 Å². The number of morpholine rings is 1. The van der Waals surface area contributed by atoms with E-state index in [0.717, 1.165) is 37.6 Å². The van der Waals surface area contributed by atoms with Crippen LogP contribution in [0.1, 0.15) is 11.1 Å². The van der Waals surface area contributed by atoms with Crippen molar-refractivity contribution in [1.29, 1.82) is 0 Å². The number of methoxy groups -OCH3 is 1. The summed E-state index contributed by atoms with van der Waals surface area (Å²) in [5.74, 6) is -0.660. The highest BCUT2D eigenvalue weighted by Gasteiger charge is 2.19. The van der Waals surface area contributed by atoms with E-state index in [2.05, 4.69) is 4.90 Å². The second kappa shape index (κ2) is 7.85. The van der Waals surface area contributed by atoms with Gasteiger partial charge in [-0.2, -0.15) is 0 Å². The van der Waals surface area contributed by atoms with E-state index in [4.69, 9.17) is 9.47 Å². The molecule has 1 aliphatic heterocycles. The van der Waals surface area contributed by atoms with Gasteiger partial charge in [-0.3, -0.25) is 0 Å². The lowest BCUT2D eigenvalue weighted by Crippen LogP contribution is -2.36. The molecule has 1 saturated heterocycles. The predicted molar refractivity (Wildman–Crippen MR) is 97.4 cm³/mol. The van der Waals surface area contributed by atoms with Crippen molar-refractivity contribution >= 4 is 23.0 Å². The molecule has 0 unspecified atom stereocenters. The summed E-state index contributed by atoms with van der Waals surface area (Å²) in [6.45, 7) is 3.16. The number of hydrogen-bond donors (Lipinski definition) is 1. The standard InChI is InChI=1S/C20H21NO4/c1-24-19(18(20(22)23)15-5-3-2-4-6-15)16-7-9-17(10-8-16)21-11-13-25-14-12-21/h2-10H,11-14H2,1H3,(H,22,23). The maximum absolute atomic E-state index is 11.8. The fourth-order valence-electron chi connectivity index (χ4n) is 2.97. The van der Waals surface area contributed by atoms with E-state index in [1.807, 2.05) is 42.5 Å². The smallest absolute Gasteiger partial charge is 0.340 e. The number of aliphatic carboxylic acids is 1. The molecule has 2 aromatic rings. The van der Waals surface area contributed by atoms with Gasteiger partial charge in [0.25, 0.3) is 0 Å². The summed E-state index contributed by atoms with van der Waals surface area (Å²) in [5, 5.41) is 9.69. The number of nitrogens with zero attached hydrogens (tertiary/aromatic N) is 1. The number of anilines is 1. The van der Waals surface area contributed by atoms with Crippen LogP contribution in [0.25, 0.3) is 11.3 Å². The van der Waals surface area contributed by atoms with Crippen molar-refractivity contribution in [3.8, 4) is 0 Å². The Morgan fingerprint density at radius 1 is 1.00 bits per heavy atom. The van der Waals surface area contributed by atoms with Gasteiger partial charge in [-0.1, -0.05) is 30.3 Å². The second-order valence-corrected chi connectivity index (χ2v) is 5.73. The lowest BCUT2D eigenvalue weighted by molar-refractivity contribution is -0.130. The highest BCUT2D eigenvalue weighted by atomic mass is 16.5. The quantitative estimate of drug-likeness (QED) is 0.515. The molecule has 0 amide bonds. The van der Waals surface area contributed by atoms with Crippen molar-refractivity contribution in [2.75, 3.05) is 38.3 Å². The highest BCUT2D eigenvalue weighted by Crippen LogP contribution is 2.29. The van der Waals surface area contributed by atoms with Crippen LogP contribution in [0.5, 0.6) is 0 Å². The molecule has 1 N–H and O–H groups in total. The first-order valence-corrected chi connectivity index (χ1v) is 8.21. The van der Waals surface area contributed by atoms with Crippen molar-refractivity contribution in [3.05, 3.63) is 65.7 Å². The van der Waals surface area contributed by atoms with Crippen molar-refractivity contribution in [2.24, 2.45) is 0 Å². The van der Waals surface area contributed by atoms with Gasteiger partial charge in [0.2, 0.25) is 0 Å². The maximum Gasteiger partial charge on any atom is 0.340 e. The van der Waals surface area contributed by atoms with Crippen LogP contribution in [0, 0.1) is 0 Å². The van der Waals surface area contributed by atoms with Crippen molar-refractivity contribution < 1.29 is 19.4 Å². The zero-order valence-electron chi connectivity index (χ0n) is 14.1. The molecule has 0 spiro atoms. The van der Waals surface area contributed by atoms with Crippen LogP contribution in [0.3, 0.4) is 0 Å². The Hall–Kier alpha value is -2.79. The number of carbonyl (C=O) groups is 1. The van der Waals surface area contributed by atoms with Crippen LogP contribution in [0.2, 0.25) is 0 Å². The first kappa shape index (κ1) is 17.0. The molecular weight excluding hydrogens is 318 g/mol. The van der Waals surface area contributed by atoms with E-state index in [0.29, 0.717) is 11.3 Å². The third kappa shape index (κ3) is 3.83. The molecule has 1 aliphatic rings. The molecule has 130 valence electrons. The van der Waals surface area contributed by atoms with E-state index in [9.17, 15) is 9.90 Å². The molecule has 0 atom stereocenters. The number of rotatable bonds is 5. The topological polar surface area (TPSA) is 59.0 Å². The van der Waals surface area contributed by atoms with E-state index in [1.54, 1.807) is 12.1 Å². The van der Waals surface area contributed by atoms with Crippen LogP contribution in [-0.4, -0.2) is 44.5 Å². The Balaban J connectivity index is 1.97. The van der Waals surface area contributed by atoms with E-state index in [-0.39, 0.29) is 5.57 Å². The molecule has 0 saturated carbocycles. The van der Waals surface area contributed by atoms with Crippen LogP contribution in [-0.2, 0) is 14.3 Å². The van der Waals surface area contributed by atoms with Gasteiger partial charge in [-0.25, -0.2) is 4.79 Å². The Bertz CT molecular complexity index is 747. The minimum atomic E-state index is -1.01. The molecule has 0 aromatic heterocycles. The lowest BCUT2D eigenvalue weighted by Gasteiger charge is -2.29. The summed E-state index contributed by atoms with van der Waals surface area (Å²) in [7, 11) is 1.50. The van der Waals surface area contributed by atoms with Crippen LogP contribution in [0.4, 0.5) is 5.69 Å². The third-order valence-corrected chi connectivity index (χ3v) is 4.21. The molecule has 3 rings (SSSR count). The SMILES string of the molecule is COC(=C(C(=O)O)c1ccccc1)c1ccc(N2CCOCC2)cc1. The van der Waals surface area contributed by atoms with Gasteiger partial charge in [-0.05, 0) is 29.8 Å². The second-order valence-electron chi connectivity index (χ2n) is 5.73. The van der Waals surface area contributed by atoms with Gasteiger partial charge in [-0.15, -0.1) is 0 Å². The number of carboxylic acid groups (broad SMARTS) is 1. The summed E-state index contributed by atoms with van der Waals surface area (Å²) in [6, 6.07) is 16.8. The lowest BCUT2D eigenvalue weighted by atomic mass is 10.0. The largest absolute Gasteiger partial charge is 0.495 e. The Morgan fingerprint density at radius 3 is 2.20 bits per heavy atom. The summed E-state index contributed by atoms with van der Waals surface area (Å²) in [4.78, 5) is 14.1. The number of carboxylic acids is 1. The van der Waals surface area contributed by atoms with Gasteiger partial charge in [0.1, 0.15) is 11.3 Å². The summed E-state index contributed by atoms with van der Waals surface area (Å²) < 4.78 is 10.8. The molecule has 1 fully saturated rings. The van der Waals surface area contributed by atoms with Gasteiger partial charge in [0.15, 0.2) is 0 Å². The summed E-state index contributed by atoms with van der Waals surface area (Å²) >= 11 is 0. The monoisotopic (exact) mass is 339 g/mol. The van der Waals surface area contributed by atoms with E-state index in [1.165, 1.54) is 7.11 Å². The molecule has 0 bridgehead atoms. The number of benzene rings is 2. The first-order chi connectivity index (χ1) is 12.2. The average molecular weight is 339 g/mol. The molecule has 0 aliphatic carbocycles. The molecule has 1 heterocycles. The van der Waals surface area contributed by atoms with Crippen LogP contribution >= 0.6 is 0 Å². The van der Waals surface area contributed by atoms with E-state index >= 15 is 0 Å². The Kier molecular flexibility index (Phi) is 5.36. The Morgan fingerprint density at radius 2 is 1.64 bits per heavy atom. The highest BCUT2D eigenvalue weighted by molar-refractivity contribution is 6.22. The minimum Gasteiger partial charge on any atom is -0.495 e. The summed E-state index contributed by atoms with van der Waals surface area (Å²) in [5.41, 5.74) is 2.60. The zero-order chi connectivity index (χ0) is 17.6. The maximum atomic E-state index is 11.8. The van der Waals surface area contributed by atoms with Crippen molar-refractivity contribution in [2.45, 2.75) is 0 Å². The third-order valence-electron chi connectivity index (χ3n) is 4.21. The average Bonchev–Trinajstić information content (AvgIpc) is 2.67.